The first-order valence-corrected chi connectivity index (χ1v) is 22.6. The van der Waals surface area contributed by atoms with Gasteiger partial charge < -0.3 is 0 Å². The molecule has 292 valence electrons. The molecule has 1 aliphatic carbocycles. The highest BCUT2D eigenvalue weighted by atomic mass is 32.1. The molecule has 1 aromatic heterocycles. The number of hydrogen-bond acceptors (Lipinski definition) is 1. The second kappa shape index (κ2) is 14.4. The molecular formula is C62H38S. The maximum atomic E-state index is 2.44. The van der Waals surface area contributed by atoms with Crippen molar-refractivity contribution in [1.82, 2.24) is 0 Å². The van der Waals surface area contributed by atoms with E-state index in [-0.39, 0.29) is 0 Å². The molecule has 11 aromatic carbocycles. The Kier molecular flexibility index (Phi) is 8.19. The van der Waals surface area contributed by atoms with Crippen LogP contribution in [0.15, 0.2) is 231 Å². The zero-order valence-electron chi connectivity index (χ0n) is 34.3. The monoisotopic (exact) mass is 814 g/mol. The van der Waals surface area contributed by atoms with Gasteiger partial charge in [0.2, 0.25) is 0 Å². The third-order valence-electron chi connectivity index (χ3n) is 13.2. The summed E-state index contributed by atoms with van der Waals surface area (Å²) in [6, 6.07) is 85.4. The summed E-state index contributed by atoms with van der Waals surface area (Å²) >= 11 is 1.92. The molecule has 0 bridgehead atoms. The molecule has 0 aliphatic heterocycles. The van der Waals surface area contributed by atoms with E-state index in [0.29, 0.717) is 0 Å². The molecule has 0 atom stereocenters. The van der Waals surface area contributed by atoms with Crippen LogP contribution in [0, 0.1) is 0 Å². The fourth-order valence-electron chi connectivity index (χ4n) is 10.6. The molecule has 0 unspecified atom stereocenters. The van der Waals surface area contributed by atoms with E-state index < -0.39 is 0 Å². The maximum Gasteiger partial charge on any atom is 0.0440 e. The van der Waals surface area contributed by atoms with Crippen molar-refractivity contribution in [1.29, 1.82) is 0 Å². The van der Waals surface area contributed by atoms with Crippen LogP contribution >= 0.6 is 11.3 Å². The standard InChI is InChI=1S/C62H38S/c1-6-19-39(20-7-1)44-33-36-53-51(37-44)52-38-45-29-16-17-30-46(45)59(62(52)63-53)48-34-35-50-58-47(48)31-18-32-49(58)60-56(42-25-12-4-13-26-42)54(40-21-8-2-9-22-40)55(41-23-10-3-11-24-41)57(61(50)60)43-27-14-5-15-28-43/h1-38H. The highest BCUT2D eigenvalue weighted by molar-refractivity contribution is 7.26. The molecule has 12 aromatic rings. The summed E-state index contributed by atoms with van der Waals surface area (Å²) < 4.78 is 2.64. The molecule has 1 heteroatoms. The summed E-state index contributed by atoms with van der Waals surface area (Å²) in [7, 11) is 0. The Morgan fingerprint density at radius 2 is 0.698 bits per heavy atom. The zero-order valence-corrected chi connectivity index (χ0v) is 35.2. The van der Waals surface area contributed by atoms with Crippen LogP contribution in [0.5, 0.6) is 0 Å². The van der Waals surface area contributed by atoms with Gasteiger partial charge in [-0.15, -0.1) is 11.3 Å². The van der Waals surface area contributed by atoms with Crippen LogP contribution in [-0.2, 0) is 0 Å². The average Bonchev–Trinajstić information content (AvgIpc) is 3.90. The Hall–Kier alpha value is -7.84. The van der Waals surface area contributed by atoms with E-state index in [4.69, 9.17) is 0 Å². The molecule has 0 radical (unpaired) electrons. The number of rotatable bonds is 6. The van der Waals surface area contributed by atoms with Gasteiger partial charge in [0, 0.05) is 25.7 Å². The third-order valence-corrected chi connectivity index (χ3v) is 14.4. The van der Waals surface area contributed by atoms with Crippen molar-refractivity contribution < 1.29 is 0 Å². The van der Waals surface area contributed by atoms with Crippen LogP contribution in [0.1, 0.15) is 0 Å². The van der Waals surface area contributed by atoms with Gasteiger partial charge in [0.1, 0.15) is 0 Å². The predicted molar refractivity (Wildman–Crippen MR) is 271 cm³/mol. The van der Waals surface area contributed by atoms with Crippen LogP contribution in [0.2, 0.25) is 0 Å². The Labute approximate surface area is 370 Å². The minimum absolute atomic E-state index is 1.21. The number of benzene rings is 11. The molecule has 0 fully saturated rings. The highest BCUT2D eigenvalue weighted by Gasteiger charge is 2.34. The summed E-state index contributed by atoms with van der Waals surface area (Å²) in [5, 5.41) is 7.76. The molecule has 0 saturated carbocycles. The quantitative estimate of drug-likeness (QED) is 0.157. The summed E-state index contributed by atoms with van der Waals surface area (Å²) in [5.41, 5.74) is 20.1. The first kappa shape index (κ1) is 35.9. The minimum atomic E-state index is 1.21. The smallest absolute Gasteiger partial charge is 0.0440 e. The lowest BCUT2D eigenvalue weighted by Crippen LogP contribution is -1.99. The molecular weight excluding hydrogens is 777 g/mol. The van der Waals surface area contributed by atoms with Gasteiger partial charge in [-0.1, -0.05) is 212 Å². The molecule has 0 spiro atoms. The second-order valence-corrected chi connectivity index (χ2v) is 17.7. The van der Waals surface area contributed by atoms with Crippen molar-refractivity contribution in [3.05, 3.63) is 231 Å². The van der Waals surface area contributed by atoms with E-state index in [1.807, 2.05) is 11.3 Å². The van der Waals surface area contributed by atoms with Gasteiger partial charge in [0.25, 0.3) is 0 Å². The summed E-state index contributed by atoms with van der Waals surface area (Å²) in [4.78, 5) is 0. The molecule has 13 rings (SSSR count). The van der Waals surface area contributed by atoms with E-state index >= 15 is 0 Å². The Morgan fingerprint density at radius 3 is 1.27 bits per heavy atom. The van der Waals surface area contributed by atoms with Gasteiger partial charge in [-0.2, -0.15) is 0 Å². The van der Waals surface area contributed by atoms with Crippen LogP contribution in [0.25, 0.3) is 131 Å². The molecule has 1 heterocycles. The van der Waals surface area contributed by atoms with Crippen LogP contribution < -0.4 is 0 Å². The first-order valence-electron chi connectivity index (χ1n) is 21.8. The Morgan fingerprint density at radius 1 is 0.238 bits per heavy atom. The number of hydrogen-bond donors (Lipinski definition) is 0. The van der Waals surface area contributed by atoms with Crippen molar-refractivity contribution in [3.8, 4) is 89.0 Å². The van der Waals surface area contributed by atoms with E-state index in [9.17, 15) is 0 Å². The largest absolute Gasteiger partial charge is 0.135 e. The zero-order chi connectivity index (χ0) is 41.4. The van der Waals surface area contributed by atoms with Crippen molar-refractivity contribution in [2.24, 2.45) is 0 Å². The average molecular weight is 815 g/mol. The second-order valence-electron chi connectivity index (χ2n) is 16.6. The van der Waals surface area contributed by atoms with Gasteiger partial charge in [-0.05, 0) is 123 Å². The van der Waals surface area contributed by atoms with E-state index in [2.05, 4.69) is 231 Å². The molecule has 0 nitrogen and oxygen atoms in total. The van der Waals surface area contributed by atoms with Crippen LogP contribution in [0.4, 0.5) is 0 Å². The van der Waals surface area contributed by atoms with Crippen molar-refractivity contribution in [2.45, 2.75) is 0 Å². The summed E-state index contributed by atoms with van der Waals surface area (Å²) in [6.07, 6.45) is 0. The van der Waals surface area contributed by atoms with Crippen molar-refractivity contribution >= 4 is 53.1 Å². The van der Waals surface area contributed by atoms with Crippen LogP contribution in [-0.4, -0.2) is 0 Å². The van der Waals surface area contributed by atoms with Gasteiger partial charge in [-0.3, -0.25) is 0 Å². The first-order chi connectivity index (χ1) is 31.3. The molecule has 1 aliphatic rings. The normalized spacial score (nSPS) is 11.8. The fraction of sp³-hybridized carbons (Fsp3) is 0. The van der Waals surface area contributed by atoms with E-state index in [0.717, 1.165) is 0 Å². The topological polar surface area (TPSA) is 0 Å². The van der Waals surface area contributed by atoms with Crippen molar-refractivity contribution in [3.63, 3.8) is 0 Å². The Bertz CT molecular complexity index is 3620. The molecule has 0 N–H and O–H groups in total. The lowest BCUT2D eigenvalue weighted by Gasteiger charge is -2.26. The molecule has 63 heavy (non-hydrogen) atoms. The van der Waals surface area contributed by atoms with E-state index in [1.54, 1.807) is 0 Å². The summed E-state index contributed by atoms with van der Waals surface area (Å²) in [6.45, 7) is 0. The molecule has 0 saturated heterocycles. The summed E-state index contributed by atoms with van der Waals surface area (Å²) in [5.74, 6) is 0. The minimum Gasteiger partial charge on any atom is -0.135 e. The lowest BCUT2D eigenvalue weighted by atomic mass is 9.76. The van der Waals surface area contributed by atoms with Crippen molar-refractivity contribution in [2.75, 3.05) is 0 Å². The SMILES string of the molecule is c1ccc(-c2ccc3sc4c(-c5ccc6c7c(cccc57)-c5c(-c7ccccc7)c(-c7ccccc7)c(-c7ccccc7)c(-c7ccccc7)c5-6)c5ccccc5cc4c3c2)cc1. The van der Waals surface area contributed by atoms with E-state index in [1.165, 1.54) is 131 Å². The fourth-order valence-corrected chi connectivity index (χ4v) is 11.8. The number of thiophene rings is 1. The van der Waals surface area contributed by atoms with Gasteiger partial charge in [-0.25, -0.2) is 0 Å². The predicted octanol–water partition coefficient (Wildman–Crippen LogP) is 18.0. The highest BCUT2D eigenvalue weighted by Crippen LogP contribution is 2.62. The third kappa shape index (κ3) is 5.54. The van der Waals surface area contributed by atoms with Gasteiger partial charge in [0.15, 0.2) is 0 Å². The van der Waals surface area contributed by atoms with Gasteiger partial charge >= 0.3 is 0 Å². The maximum absolute atomic E-state index is 2.44. The van der Waals surface area contributed by atoms with Gasteiger partial charge in [0.05, 0.1) is 0 Å². The molecule has 0 amide bonds. The Balaban J connectivity index is 1.17. The number of fused-ring (bicyclic) bond motifs is 7. The van der Waals surface area contributed by atoms with Crippen LogP contribution in [0.3, 0.4) is 0 Å². The lowest BCUT2D eigenvalue weighted by molar-refractivity contribution is 1.54.